The van der Waals surface area contributed by atoms with Gasteiger partial charge in [0, 0.05) is 51.9 Å². The van der Waals surface area contributed by atoms with E-state index >= 15 is 0 Å². The molecule has 2 saturated heterocycles. The number of benzene rings is 1. The summed E-state index contributed by atoms with van der Waals surface area (Å²) in [6.07, 6.45) is 0.717. The predicted molar refractivity (Wildman–Crippen MR) is 90.6 cm³/mol. The molecule has 0 radical (unpaired) electrons. The highest BCUT2D eigenvalue weighted by molar-refractivity contribution is 5.76. The Morgan fingerprint density at radius 3 is 2.79 bits per heavy atom. The number of likely N-dealkylation sites (tertiary alicyclic amines) is 1. The second-order valence-corrected chi connectivity index (χ2v) is 7.05. The van der Waals surface area contributed by atoms with E-state index < -0.39 is 0 Å². The number of aromatic nitrogens is 2. The van der Waals surface area contributed by atoms with Gasteiger partial charge in [-0.25, -0.2) is 4.63 Å². The lowest BCUT2D eigenvalue weighted by molar-refractivity contribution is -0.0285. The molecule has 0 unspecified atom stereocenters. The summed E-state index contributed by atoms with van der Waals surface area (Å²) in [7, 11) is 2.16. The van der Waals surface area contributed by atoms with Crippen molar-refractivity contribution in [2.24, 2.45) is 0 Å². The Morgan fingerprint density at radius 2 is 2.00 bits per heavy atom. The minimum absolute atomic E-state index is 0.291. The molecule has 0 saturated carbocycles. The van der Waals surface area contributed by atoms with Crippen molar-refractivity contribution in [3.05, 3.63) is 23.8 Å². The van der Waals surface area contributed by atoms with Crippen LogP contribution in [0.3, 0.4) is 0 Å². The molecule has 3 heterocycles. The largest absolute Gasteiger partial charge is 0.390 e. The van der Waals surface area contributed by atoms with E-state index in [1.807, 2.05) is 12.1 Å². The third-order valence-corrected chi connectivity index (χ3v) is 5.40. The highest BCUT2D eigenvalue weighted by atomic mass is 16.6. The fourth-order valence-corrected chi connectivity index (χ4v) is 3.94. The molecule has 0 aliphatic carbocycles. The van der Waals surface area contributed by atoms with Crippen molar-refractivity contribution in [1.29, 1.82) is 0 Å². The number of fused-ring (bicyclic) bond motifs is 1. The van der Waals surface area contributed by atoms with Gasteiger partial charge in [0.25, 0.3) is 0 Å². The lowest BCUT2D eigenvalue weighted by Crippen LogP contribution is -2.58. The number of nitrogens with zero attached hydrogens (tertiary/aromatic N) is 5. The van der Waals surface area contributed by atoms with Crippen LogP contribution in [0.5, 0.6) is 0 Å². The molecule has 130 valence electrons. The molecular weight excluding hydrogens is 306 g/mol. The van der Waals surface area contributed by atoms with Crippen LogP contribution in [0.15, 0.2) is 22.8 Å². The normalized spacial score (nSPS) is 27.8. The highest BCUT2D eigenvalue weighted by Gasteiger charge is 2.33. The third kappa shape index (κ3) is 3.17. The van der Waals surface area contributed by atoms with Gasteiger partial charge in [-0.2, -0.15) is 0 Å². The molecule has 4 rings (SSSR count). The van der Waals surface area contributed by atoms with Crippen LogP contribution in [0.4, 0.5) is 0 Å². The summed E-state index contributed by atoms with van der Waals surface area (Å²) in [6.45, 7) is 6.78. The van der Waals surface area contributed by atoms with Gasteiger partial charge in [-0.3, -0.25) is 9.80 Å². The molecular formula is C17H25N5O2. The Morgan fingerprint density at radius 1 is 1.17 bits per heavy atom. The maximum atomic E-state index is 10.7. The third-order valence-electron chi connectivity index (χ3n) is 5.40. The van der Waals surface area contributed by atoms with Gasteiger partial charge in [-0.1, -0.05) is 12.1 Å². The molecule has 0 amide bonds. The summed E-state index contributed by atoms with van der Waals surface area (Å²) in [5.74, 6) is 0. The summed E-state index contributed by atoms with van der Waals surface area (Å²) in [4.78, 5) is 7.12. The average Bonchev–Trinajstić information content (AvgIpc) is 3.06. The van der Waals surface area contributed by atoms with Gasteiger partial charge >= 0.3 is 0 Å². The molecule has 2 atom stereocenters. The van der Waals surface area contributed by atoms with Crippen molar-refractivity contribution in [3.63, 3.8) is 0 Å². The minimum atomic E-state index is -0.295. The van der Waals surface area contributed by atoms with Crippen LogP contribution >= 0.6 is 0 Å². The lowest BCUT2D eigenvalue weighted by atomic mass is 9.98. The number of β-amino-alcohol motifs (C(OH)–C–C–N with tert-alkyl or cyclic N) is 1. The van der Waals surface area contributed by atoms with Gasteiger partial charge in [0.2, 0.25) is 0 Å². The number of aliphatic hydroxyl groups excluding tert-OH is 1. The topological polar surface area (TPSA) is 68.9 Å². The molecule has 1 aromatic heterocycles. The van der Waals surface area contributed by atoms with Gasteiger partial charge in [0.05, 0.1) is 6.10 Å². The Hall–Kier alpha value is -1.54. The standard InChI is InChI=1S/C17H25N5O2/c1-20-7-9-22(10-8-20)15-5-6-21(12-16(15)23)11-13-3-2-4-14-17(13)19-24-18-14/h2-4,15-16,23H,5-12H2,1H3/t15-,16-/m1/s1. The first-order valence-corrected chi connectivity index (χ1v) is 8.74. The van der Waals surface area contributed by atoms with Crippen LogP contribution in [0.1, 0.15) is 12.0 Å². The number of hydrogen-bond donors (Lipinski definition) is 1. The van der Waals surface area contributed by atoms with E-state index in [1.54, 1.807) is 0 Å². The van der Waals surface area contributed by atoms with Gasteiger partial charge in [0.15, 0.2) is 0 Å². The lowest BCUT2D eigenvalue weighted by Gasteiger charge is -2.44. The van der Waals surface area contributed by atoms with Crippen LogP contribution < -0.4 is 0 Å². The zero-order chi connectivity index (χ0) is 16.5. The molecule has 0 bridgehead atoms. The van der Waals surface area contributed by atoms with Crippen LogP contribution in [-0.2, 0) is 6.54 Å². The van der Waals surface area contributed by atoms with E-state index in [0.717, 1.165) is 62.3 Å². The molecule has 2 aliphatic rings. The molecule has 1 N–H and O–H groups in total. The molecule has 7 nitrogen and oxygen atoms in total. The van der Waals surface area contributed by atoms with E-state index in [0.29, 0.717) is 12.6 Å². The molecule has 24 heavy (non-hydrogen) atoms. The van der Waals surface area contributed by atoms with Gasteiger partial charge < -0.3 is 10.0 Å². The van der Waals surface area contributed by atoms with Gasteiger partial charge in [-0.15, -0.1) is 0 Å². The first-order chi connectivity index (χ1) is 11.7. The van der Waals surface area contributed by atoms with Crippen LogP contribution in [0.2, 0.25) is 0 Å². The highest BCUT2D eigenvalue weighted by Crippen LogP contribution is 2.22. The molecule has 2 fully saturated rings. The molecule has 2 aliphatic heterocycles. The second-order valence-electron chi connectivity index (χ2n) is 7.05. The van der Waals surface area contributed by atoms with Crippen molar-refractivity contribution >= 4 is 11.0 Å². The Labute approximate surface area is 141 Å². The minimum Gasteiger partial charge on any atom is -0.390 e. The summed E-state index contributed by atoms with van der Waals surface area (Å²) in [5, 5.41) is 18.6. The van der Waals surface area contributed by atoms with Crippen molar-refractivity contribution in [2.45, 2.75) is 25.1 Å². The van der Waals surface area contributed by atoms with Crippen molar-refractivity contribution in [1.82, 2.24) is 25.0 Å². The Balaban J connectivity index is 1.39. The number of piperazine rings is 1. The molecule has 2 aromatic rings. The van der Waals surface area contributed by atoms with Gasteiger partial charge in [0.1, 0.15) is 11.0 Å². The first kappa shape index (κ1) is 16.0. The number of rotatable bonds is 3. The molecule has 7 heteroatoms. The predicted octanol–water partition coefficient (Wildman–Crippen LogP) is 0.405. The van der Waals surface area contributed by atoms with Crippen molar-refractivity contribution in [3.8, 4) is 0 Å². The maximum Gasteiger partial charge on any atom is 0.139 e. The zero-order valence-electron chi connectivity index (χ0n) is 14.1. The summed E-state index contributed by atoms with van der Waals surface area (Å²) in [5.41, 5.74) is 2.73. The SMILES string of the molecule is CN1CCN([C@@H]2CCN(Cc3cccc4nonc34)C[C@H]2O)CC1. The monoisotopic (exact) mass is 331 g/mol. The number of likely N-dealkylation sites (N-methyl/N-ethyl adjacent to an activating group) is 1. The summed E-state index contributed by atoms with van der Waals surface area (Å²) >= 11 is 0. The van der Waals surface area contributed by atoms with Crippen LogP contribution in [0.25, 0.3) is 11.0 Å². The van der Waals surface area contributed by atoms with E-state index in [9.17, 15) is 5.11 Å². The van der Waals surface area contributed by atoms with Crippen LogP contribution in [0, 0.1) is 0 Å². The van der Waals surface area contributed by atoms with Crippen molar-refractivity contribution in [2.75, 3.05) is 46.3 Å². The van der Waals surface area contributed by atoms with Crippen LogP contribution in [-0.4, -0.2) is 88.6 Å². The number of piperidine rings is 1. The quantitative estimate of drug-likeness (QED) is 0.873. The summed E-state index contributed by atoms with van der Waals surface area (Å²) in [6, 6.07) is 6.24. The fourth-order valence-electron chi connectivity index (χ4n) is 3.94. The smallest absolute Gasteiger partial charge is 0.139 e. The number of aliphatic hydroxyl groups is 1. The zero-order valence-corrected chi connectivity index (χ0v) is 14.1. The second kappa shape index (κ2) is 6.76. The van der Waals surface area contributed by atoms with E-state index in [2.05, 4.69) is 38.1 Å². The van der Waals surface area contributed by atoms with Crippen molar-refractivity contribution < 1.29 is 9.74 Å². The maximum absolute atomic E-state index is 10.7. The average molecular weight is 331 g/mol. The Bertz CT molecular complexity index is 682. The fraction of sp³-hybridized carbons (Fsp3) is 0.647. The Kier molecular flexibility index (Phi) is 4.49. The first-order valence-electron chi connectivity index (χ1n) is 8.74. The van der Waals surface area contributed by atoms with E-state index in [4.69, 9.17) is 4.63 Å². The summed E-state index contributed by atoms with van der Waals surface area (Å²) < 4.78 is 4.84. The molecule has 1 aromatic carbocycles. The van der Waals surface area contributed by atoms with E-state index in [-0.39, 0.29) is 6.10 Å². The molecule has 0 spiro atoms. The van der Waals surface area contributed by atoms with Gasteiger partial charge in [-0.05, 0) is 35.4 Å². The number of hydrogen-bond acceptors (Lipinski definition) is 7. The van der Waals surface area contributed by atoms with E-state index in [1.165, 1.54) is 0 Å².